The van der Waals surface area contributed by atoms with E-state index in [0.717, 1.165) is 6.42 Å². The van der Waals surface area contributed by atoms with Crippen molar-refractivity contribution in [1.82, 2.24) is 4.31 Å². The number of rotatable bonds is 5. The Labute approximate surface area is 141 Å². The first-order chi connectivity index (χ1) is 10.6. The molecule has 128 valence electrons. The van der Waals surface area contributed by atoms with Crippen LogP contribution in [0, 0.1) is 5.92 Å². The molecule has 0 fully saturated rings. The molecule has 0 bridgehead atoms. The normalized spacial score (nSPS) is 16.0. The number of carbonyl (C=O) groups is 1. The number of carbonyl (C=O) groups excluding carboxylic acids is 1. The fourth-order valence-electron chi connectivity index (χ4n) is 2.50. The third-order valence-electron chi connectivity index (χ3n) is 3.76. The van der Waals surface area contributed by atoms with Crippen molar-refractivity contribution in [3.8, 4) is 5.75 Å². The Morgan fingerprint density at radius 1 is 1.35 bits per heavy atom. The van der Waals surface area contributed by atoms with Gasteiger partial charge >= 0.3 is 0 Å². The van der Waals surface area contributed by atoms with Gasteiger partial charge in [-0.1, -0.05) is 25.4 Å². The third-order valence-corrected chi connectivity index (χ3v) is 6.19. The Morgan fingerprint density at radius 3 is 2.61 bits per heavy atom. The summed E-state index contributed by atoms with van der Waals surface area (Å²) in [6.07, 6.45) is 0.741. The van der Waals surface area contributed by atoms with Gasteiger partial charge < -0.3 is 10.1 Å². The van der Waals surface area contributed by atoms with Crippen LogP contribution in [-0.4, -0.2) is 38.3 Å². The molecule has 1 aromatic carbocycles. The van der Waals surface area contributed by atoms with Crippen LogP contribution in [0.15, 0.2) is 17.0 Å². The van der Waals surface area contributed by atoms with Crippen LogP contribution in [0.1, 0.15) is 27.2 Å². The van der Waals surface area contributed by atoms with Gasteiger partial charge in [0.05, 0.1) is 10.7 Å². The smallest absolute Gasteiger partial charge is 0.262 e. The number of nitrogens with zero attached hydrogens (tertiary/aromatic N) is 1. The Morgan fingerprint density at radius 2 is 2.00 bits per heavy atom. The fraction of sp³-hybridized carbons (Fsp3) is 0.533. The molecule has 6 nitrogen and oxygen atoms in total. The summed E-state index contributed by atoms with van der Waals surface area (Å²) in [6.45, 7) is 5.80. The van der Waals surface area contributed by atoms with Crippen molar-refractivity contribution >= 4 is 33.2 Å². The lowest BCUT2D eigenvalue weighted by atomic mass is 10.1. The molecule has 1 heterocycles. The number of nitrogens with one attached hydrogen (secondary N) is 1. The molecule has 2 rings (SSSR count). The minimum Gasteiger partial charge on any atom is -0.482 e. The van der Waals surface area contributed by atoms with Crippen molar-refractivity contribution < 1.29 is 17.9 Å². The Bertz CT molecular complexity index is 718. The molecule has 0 radical (unpaired) electrons. The summed E-state index contributed by atoms with van der Waals surface area (Å²) in [7, 11) is -2.21. The molecule has 8 heteroatoms. The van der Waals surface area contributed by atoms with E-state index in [1.165, 1.54) is 16.4 Å². The van der Waals surface area contributed by atoms with Gasteiger partial charge in [-0.25, -0.2) is 8.42 Å². The first-order valence-electron chi connectivity index (χ1n) is 7.37. The zero-order valence-electron chi connectivity index (χ0n) is 13.6. The van der Waals surface area contributed by atoms with Crippen molar-refractivity contribution in [1.29, 1.82) is 0 Å². The van der Waals surface area contributed by atoms with Gasteiger partial charge in [0, 0.05) is 19.2 Å². The number of sulfonamides is 1. The number of fused-ring (bicyclic) bond motifs is 1. The second-order valence-corrected chi connectivity index (χ2v) is 8.49. The van der Waals surface area contributed by atoms with Gasteiger partial charge in [0.15, 0.2) is 6.61 Å². The number of benzene rings is 1. The van der Waals surface area contributed by atoms with Crippen LogP contribution in [-0.2, 0) is 14.8 Å². The number of halogens is 1. The van der Waals surface area contributed by atoms with E-state index >= 15 is 0 Å². The van der Waals surface area contributed by atoms with Gasteiger partial charge in [-0.2, -0.15) is 4.31 Å². The predicted molar refractivity (Wildman–Crippen MR) is 89.4 cm³/mol. The molecule has 1 amide bonds. The lowest BCUT2D eigenvalue weighted by Gasteiger charge is -2.27. The first-order valence-corrected chi connectivity index (χ1v) is 9.19. The summed E-state index contributed by atoms with van der Waals surface area (Å²) in [5.41, 5.74) is 0.378. The van der Waals surface area contributed by atoms with E-state index in [0.29, 0.717) is 17.4 Å². The van der Waals surface area contributed by atoms with Crippen LogP contribution < -0.4 is 10.1 Å². The van der Waals surface area contributed by atoms with Crippen LogP contribution in [0.2, 0.25) is 5.02 Å². The van der Waals surface area contributed by atoms with E-state index < -0.39 is 10.0 Å². The predicted octanol–water partition coefficient (Wildman–Crippen LogP) is 2.73. The number of hydrogen-bond donors (Lipinski definition) is 1. The molecule has 0 saturated carbocycles. The highest BCUT2D eigenvalue weighted by atomic mass is 35.5. The van der Waals surface area contributed by atoms with Crippen molar-refractivity contribution in [3.63, 3.8) is 0 Å². The van der Waals surface area contributed by atoms with E-state index in [4.69, 9.17) is 16.3 Å². The second-order valence-electron chi connectivity index (χ2n) is 6.12. The highest BCUT2D eigenvalue weighted by molar-refractivity contribution is 7.89. The molecule has 1 N–H and O–H groups in total. The maximum Gasteiger partial charge on any atom is 0.262 e. The quantitative estimate of drug-likeness (QED) is 0.876. The molecule has 0 spiro atoms. The van der Waals surface area contributed by atoms with Gasteiger partial charge in [-0.05, 0) is 25.3 Å². The van der Waals surface area contributed by atoms with Gasteiger partial charge in [-0.15, -0.1) is 0 Å². The van der Waals surface area contributed by atoms with Crippen molar-refractivity contribution in [2.24, 2.45) is 5.92 Å². The largest absolute Gasteiger partial charge is 0.482 e. The van der Waals surface area contributed by atoms with E-state index in [9.17, 15) is 13.2 Å². The Balaban J connectivity index is 2.38. The fourth-order valence-corrected chi connectivity index (χ4v) is 4.39. The molecule has 1 aromatic rings. The zero-order chi connectivity index (χ0) is 17.4. The molecular weight excluding hydrogens is 340 g/mol. The molecule has 0 aromatic heterocycles. The van der Waals surface area contributed by atoms with Crippen LogP contribution in [0.4, 0.5) is 5.69 Å². The van der Waals surface area contributed by atoms with E-state index in [2.05, 4.69) is 5.32 Å². The lowest BCUT2D eigenvalue weighted by molar-refractivity contribution is -0.118. The molecule has 1 atom stereocenters. The number of hydrogen-bond acceptors (Lipinski definition) is 4. The standard InChI is InChI=1S/C15H21ClN2O4S/c1-9(2)5-10(3)18(4)23(20,21)14-7-13-12(6-11(14)16)17-15(19)8-22-13/h6-7,9-10H,5,8H2,1-4H3,(H,17,19). The lowest BCUT2D eigenvalue weighted by Crippen LogP contribution is -2.36. The SMILES string of the molecule is CC(C)CC(C)N(C)S(=O)(=O)c1cc2c(cc1Cl)NC(=O)CO2. The number of ether oxygens (including phenoxy) is 1. The molecule has 0 saturated heterocycles. The summed E-state index contributed by atoms with van der Waals surface area (Å²) >= 11 is 6.14. The van der Waals surface area contributed by atoms with Crippen LogP contribution in [0.3, 0.4) is 0 Å². The summed E-state index contributed by atoms with van der Waals surface area (Å²) in [5, 5.41) is 2.65. The summed E-state index contributed by atoms with van der Waals surface area (Å²) in [6, 6.07) is 2.61. The molecule has 1 aliphatic heterocycles. The van der Waals surface area contributed by atoms with Crippen LogP contribution >= 0.6 is 11.6 Å². The summed E-state index contributed by atoms with van der Waals surface area (Å²) in [4.78, 5) is 11.3. The van der Waals surface area contributed by atoms with Crippen molar-refractivity contribution in [3.05, 3.63) is 17.2 Å². The van der Waals surface area contributed by atoms with Crippen molar-refractivity contribution in [2.45, 2.75) is 38.1 Å². The average molecular weight is 361 g/mol. The van der Waals surface area contributed by atoms with E-state index in [1.54, 1.807) is 7.05 Å². The molecule has 1 unspecified atom stereocenters. The summed E-state index contributed by atoms with van der Waals surface area (Å²) < 4.78 is 32.2. The molecular formula is C15H21ClN2O4S. The van der Waals surface area contributed by atoms with E-state index in [-0.39, 0.29) is 28.5 Å². The molecule has 23 heavy (non-hydrogen) atoms. The topological polar surface area (TPSA) is 75.7 Å². The average Bonchev–Trinajstić information content (AvgIpc) is 2.44. The first kappa shape index (κ1) is 18.0. The maximum atomic E-state index is 12.8. The zero-order valence-corrected chi connectivity index (χ0v) is 15.2. The second kappa shape index (κ2) is 6.67. The van der Waals surface area contributed by atoms with E-state index in [1.807, 2.05) is 20.8 Å². The molecule has 0 aliphatic carbocycles. The monoisotopic (exact) mass is 360 g/mol. The Kier molecular flexibility index (Phi) is 5.23. The van der Waals surface area contributed by atoms with Crippen LogP contribution in [0.5, 0.6) is 5.75 Å². The minimum absolute atomic E-state index is 0.0211. The van der Waals surface area contributed by atoms with Gasteiger partial charge in [0.25, 0.3) is 5.91 Å². The Hall–Kier alpha value is -1.31. The summed E-state index contributed by atoms with van der Waals surface area (Å²) in [5.74, 6) is 0.379. The highest BCUT2D eigenvalue weighted by Gasteiger charge is 2.30. The molecule has 1 aliphatic rings. The third kappa shape index (κ3) is 3.79. The number of anilines is 1. The van der Waals surface area contributed by atoms with Gasteiger partial charge in [0.2, 0.25) is 10.0 Å². The minimum atomic E-state index is -3.75. The van der Waals surface area contributed by atoms with Crippen molar-refractivity contribution in [2.75, 3.05) is 19.0 Å². The van der Waals surface area contributed by atoms with Crippen LogP contribution in [0.25, 0.3) is 0 Å². The van der Waals surface area contributed by atoms with Gasteiger partial charge in [-0.3, -0.25) is 4.79 Å². The maximum absolute atomic E-state index is 12.8. The number of amides is 1. The highest BCUT2D eigenvalue weighted by Crippen LogP contribution is 2.37. The van der Waals surface area contributed by atoms with Gasteiger partial charge in [0.1, 0.15) is 10.6 Å².